The van der Waals surface area contributed by atoms with Gasteiger partial charge in [0.05, 0.1) is 3.57 Å². The molecule has 0 N–H and O–H groups in total. The van der Waals surface area contributed by atoms with Gasteiger partial charge in [-0.1, -0.05) is 0 Å². The number of hydrogen-bond donors (Lipinski definition) is 0. The molecule has 0 aliphatic carbocycles. The van der Waals surface area contributed by atoms with Crippen LogP contribution in [0.3, 0.4) is 0 Å². The molecule has 84 valence electrons. The molecule has 0 aliphatic rings. The highest BCUT2D eigenvalue weighted by Gasteiger charge is 2.22. The number of aryl methyl sites for hydroxylation is 1. The Morgan fingerprint density at radius 1 is 1.53 bits per heavy atom. The molecule has 0 saturated heterocycles. The molecule has 15 heavy (non-hydrogen) atoms. The number of halogens is 4. The molecule has 1 rings (SSSR count). The standard InChI is InChI=1S/C7H5ClF2INO2S/c1-3-2-4(11)7(15(8,13)14)12-5(3)6(9)10/h2,6H,1H3. The third-order valence-electron chi connectivity index (χ3n) is 1.61. The lowest BCUT2D eigenvalue weighted by Crippen LogP contribution is -2.04. The lowest BCUT2D eigenvalue weighted by molar-refractivity contribution is 0.144. The van der Waals surface area contributed by atoms with E-state index >= 15 is 0 Å². The first-order chi connectivity index (χ1) is 6.73. The molecule has 0 saturated carbocycles. The minimum Gasteiger partial charge on any atom is -0.233 e. The van der Waals surface area contributed by atoms with E-state index in [9.17, 15) is 17.2 Å². The molecule has 1 heterocycles. The third kappa shape index (κ3) is 2.97. The summed E-state index contributed by atoms with van der Waals surface area (Å²) < 4.78 is 47.1. The van der Waals surface area contributed by atoms with E-state index in [1.807, 2.05) is 0 Å². The SMILES string of the molecule is Cc1cc(I)c(S(=O)(=O)Cl)nc1C(F)F. The monoisotopic (exact) mass is 367 g/mol. The van der Waals surface area contributed by atoms with Crippen LogP contribution in [0.15, 0.2) is 11.1 Å². The molecule has 1 aromatic rings. The van der Waals surface area contributed by atoms with Crippen LogP contribution in [0.1, 0.15) is 17.7 Å². The minimum absolute atomic E-state index is 0.226. The highest BCUT2D eigenvalue weighted by molar-refractivity contribution is 14.1. The smallest absolute Gasteiger partial charge is 0.233 e. The molecule has 0 aliphatic heterocycles. The molecule has 8 heteroatoms. The molecule has 0 atom stereocenters. The molecule has 0 fully saturated rings. The predicted octanol–water partition coefficient (Wildman–Crippen LogP) is 2.86. The van der Waals surface area contributed by atoms with Gasteiger partial charge in [-0.15, -0.1) is 0 Å². The van der Waals surface area contributed by atoms with Gasteiger partial charge in [-0.25, -0.2) is 22.2 Å². The molecule has 3 nitrogen and oxygen atoms in total. The van der Waals surface area contributed by atoms with E-state index in [2.05, 4.69) is 4.98 Å². The van der Waals surface area contributed by atoms with E-state index in [4.69, 9.17) is 10.7 Å². The fraction of sp³-hybridized carbons (Fsp3) is 0.286. The number of alkyl halides is 2. The van der Waals surface area contributed by atoms with Crippen LogP contribution < -0.4 is 0 Å². The van der Waals surface area contributed by atoms with Crippen molar-refractivity contribution in [2.45, 2.75) is 18.4 Å². The Kier molecular flexibility index (Phi) is 3.88. The maximum absolute atomic E-state index is 12.4. The Hall–Kier alpha value is -0.0200. The zero-order valence-corrected chi connectivity index (χ0v) is 11.1. The summed E-state index contributed by atoms with van der Waals surface area (Å²) in [5.41, 5.74) is -0.326. The van der Waals surface area contributed by atoms with Gasteiger partial charge in [0.15, 0.2) is 5.03 Å². The van der Waals surface area contributed by atoms with Crippen molar-refractivity contribution in [2.24, 2.45) is 0 Å². The zero-order valence-electron chi connectivity index (χ0n) is 7.34. The van der Waals surface area contributed by atoms with Gasteiger partial charge < -0.3 is 0 Å². The van der Waals surface area contributed by atoms with E-state index < -0.39 is 26.2 Å². The van der Waals surface area contributed by atoms with E-state index in [0.29, 0.717) is 0 Å². The molecule has 0 radical (unpaired) electrons. The number of nitrogens with zero attached hydrogens (tertiary/aromatic N) is 1. The number of aromatic nitrogens is 1. The van der Waals surface area contributed by atoms with Crippen molar-refractivity contribution < 1.29 is 17.2 Å². The van der Waals surface area contributed by atoms with Crippen molar-refractivity contribution in [2.75, 3.05) is 0 Å². The van der Waals surface area contributed by atoms with Crippen LogP contribution in [0, 0.1) is 10.5 Å². The maximum atomic E-state index is 12.4. The molecule has 0 aromatic carbocycles. The number of hydrogen-bond acceptors (Lipinski definition) is 3. The Morgan fingerprint density at radius 3 is 2.47 bits per heavy atom. The molecule has 1 aromatic heterocycles. The largest absolute Gasteiger partial charge is 0.280 e. The number of pyridine rings is 1. The molecule has 0 unspecified atom stereocenters. The van der Waals surface area contributed by atoms with E-state index in [-0.39, 0.29) is 9.13 Å². The quantitative estimate of drug-likeness (QED) is 0.596. The minimum atomic E-state index is -4.09. The van der Waals surface area contributed by atoms with Crippen LogP contribution in [-0.4, -0.2) is 13.4 Å². The normalized spacial score (nSPS) is 12.1. The van der Waals surface area contributed by atoms with Gasteiger partial charge >= 0.3 is 0 Å². The summed E-state index contributed by atoms with van der Waals surface area (Å²) in [6.45, 7) is 1.43. The van der Waals surface area contributed by atoms with Crippen LogP contribution in [0.4, 0.5) is 8.78 Å². The zero-order chi connectivity index (χ0) is 11.8. The molecule has 0 amide bonds. The Morgan fingerprint density at radius 2 is 2.07 bits per heavy atom. The van der Waals surface area contributed by atoms with Crippen molar-refractivity contribution in [3.05, 3.63) is 20.9 Å². The van der Waals surface area contributed by atoms with Gasteiger partial charge in [-0.05, 0) is 41.1 Å². The van der Waals surface area contributed by atoms with Crippen LogP contribution in [0.25, 0.3) is 0 Å². The molecular formula is C7H5ClF2INO2S. The first-order valence-electron chi connectivity index (χ1n) is 3.63. The van der Waals surface area contributed by atoms with Crippen molar-refractivity contribution in [3.63, 3.8) is 0 Å². The number of rotatable bonds is 2. The van der Waals surface area contributed by atoms with E-state index in [1.54, 1.807) is 22.6 Å². The first kappa shape index (κ1) is 13.0. The fourth-order valence-electron chi connectivity index (χ4n) is 0.969. The van der Waals surface area contributed by atoms with E-state index in [1.165, 1.54) is 13.0 Å². The van der Waals surface area contributed by atoms with Gasteiger partial charge in [0.1, 0.15) is 5.69 Å². The first-order valence-corrected chi connectivity index (χ1v) is 7.02. The highest BCUT2D eigenvalue weighted by atomic mass is 127. The van der Waals surface area contributed by atoms with Gasteiger partial charge in [-0.3, -0.25) is 0 Å². The molecule has 0 bridgehead atoms. The second kappa shape index (κ2) is 4.46. The summed E-state index contributed by atoms with van der Waals surface area (Å²) in [6, 6.07) is 1.31. The maximum Gasteiger partial charge on any atom is 0.280 e. The molecule has 0 spiro atoms. The Labute approximate surface area is 103 Å². The van der Waals surface area contributed by atoms with E-state index in [0.717, 1.165) is 0 Å². The van der Waals surface area contributed by atoms with Gasteiger partial charge in [-0.2, -0.15) is 0 Å². The average molecular weight is 368 g/mol. The topological polar surface area (TPSA) is 47.0 Å². The van der Waals surface area contributed by atoms with Crippen LogP contribution in [0.5, 0.6) is 0 Å². The van der Waals surface area contributed by atoms with Gasteiger partial charge in [0.25, 0.3) is 15.5 Å². The lowest BCUT2D eigenvalue weighted by Gasteiger charge is -2.07. The summed E-state index contributed by atoms with van der Waals surface area (Å²) in [5.74, 6) is 0. The average Bonchev–Trinajstić information content (AvgIpc) is 2.00. The highest BCUT2D eigenvalue weighted by Crippen LogP contribution is 2.27. The molecular weight excluding hydrogens is 363 g/mol. The third-order valence-corrected chi connectivity index (χ3v) is 4.01. The fourth-order valence-corrected chi connectivity index (χ4v) is 3.67. The van der Waals surface area contributed by atoms with Crippen molar-refractivity contribution in [3.8, 4) is 0 Å². The van der Waals surface area contributed by atoms with Crippen LogP contribution in [0.2, 0.25) is 0 Å². The lowest BCUT2D eigenvalue weighted by atomic mass is 10.2. The van der Waals surface area contributed by atoms with Gasteiger partial charge in [0.2, 0.25) is 0 Å². The van der Waals surface area contributed by atoms with Crippen molar-refractivity contribution in [1.29, 1.82) is 0 Å². The van der Waals surface area contributed by atoms with Crippen LogP contribution in [-0.2, 0) is 9.05 Å². The predicted molar refractivity (Wildman–Crippen MR) is 59.7 cm³/mol. The van der Waals surface area contributed by atoms with Gasteiger partial charge in [0, 0.05) is 10.7 Å². The summed E-state index contributed by atoms with van der Waals surface area (Å²) in [7, 11) is 0.967. The summed E-state index contributed by atoms with van der Waals surface area (Å²) in [5, 5.41) is -0.523. The second-order valence-electron chi connectivity index (χ2n) is 2.72. The summed E-state index contributed by atoms with van der Waals surface area (Å²) in [6.07, 6.45) is -2.82. The second-order valence-corrected chi connectivity index (χ2v) is 6.36. The van der Waals surface area contributed by atoms with Crippen molar-refractivity contribution in [1.82, 2.24) is 4.98 Å². The Bertz CT molecular complexity index is 492. The van der Waals surface area contributed by atoms with Crippen LogP contribution >= 0.6 is 33.3 Å². The summed E-state index contributed by atoms with van der Waals surface area (Å²) >= 11 is 1.68. The Balaban J connectivity index is 3.50. The summed E-state index contributed by atoms with van der Waals surface area (Å²) in [4.78, 5) is 3.37. The van der Waals surface area contributed by atoms with Crippen molar-refractivity contribution >= 4 is 42.3 Å².